The van der Waals surface area contributed by atoms with E-state index in [0.717, 1.165) is 31.6 Å². The lowest BCUT2D eigenvalue weighted by Gasteiger charge is -2.18. The Hall–Kier alpha value is -1.45. The number of hydrogen-bond donors (Lipinski definition) is 1. The fourth-order valence-corrected chi connectivity index (χ4v) is 3.99. The van der Waals surface area contributed by atoms with Crippen LogP contribution in [0.15, 0.2) is 36.5 Å². The van der Waals surface area contributed by atoms with Crippen LogP contribution in [0, 0.1) is 11.8 Å². The van der Waals surface area contributed by atoms with E-state index < -0.39 is 0 Å². The summed E-state index contributed by atoms with van der Waals surface area (Å²) in [6.07, 6.45) is 3.99. The highest BCUT2D eigenvalue weighted by Gasteiger charge is 2.41. The maximum Gasteiger partial charge on any atom is 0.0746 e. The number of rotatable bonds is 2. The van der Waals surface area contributed by atoms with Crippen molar-refractivity contribution in [3.63, 3.8) is 0 Å². The Morgan fingerprint density at radius 2 is 2.05 bits per heavy atom. The largest absolute Gasteiger partial charge is 0.393 e. The highest BCUT2D eigenvalue weighted by Crippen LogP contribution is 2.38. The lowest BCUT2D eigenvalue weighted by molar-refractivity contribution is 0.123. The van der Waals surface area contributed by atoms with Crippen LogP contribution >= 0.6 is 0 Å². The number of likely N-dealkylation sites (tertiary alicyclic amines) is 1. The first-order valence-electron chi connectivity index (χ1n) is 7.54. The van der Waals surface area contributed by atoms with Crippen molar-refractivity contribution < 1.29 is 5.11 Å². The third-order valence-electron chi connectivity index (χ3n) is 5.00. The van der Waals surface area contributed by atoms with E-state index in [-0.39, 0.29) is 6.10 Å². The average Bonchev–Trinajstić information content (AvgIpc) is 3.02. The lowest BCUT2D eigenvalue weighted by Crippen LogP contribution is -2.24. The third kappa shape index (κ3) is 2.02. The number of hydrogen-bond acceptors (Lipinski definition) is 3. The Balaban J connectivity index is 1.57. The number of aliphatic hydroxyl groups is 1. The Bertz CT molecular complexity index is 622. The summed E-state index contributed by atoms with van der Waals surface area (Å²) in [5.74, 6) is 1.20. The number of pyridine rings is 1. The van der Waals surface area contributed by atoms with Crippen LogP contribution in [0.2, 0.25) is 0 Å². The molecule has 20 heavy (non-hydrogen) atoms. The second kappa shape index (κ2) is 4.83. The molecule has 1 aliphatic heterocycles. The van der Waals surface area contributed by atoms with Crippen LogP contribution in [0.5, 0.6) is 0 Å². The second-order valence-corrected chi connectivity index (χ2v) is 6.25. The van der Waals surface area contributed by atoms with E-state index in [0.29, 0.717) is 11.8 Å². The summed E-state index contributed by atoms with van der Waals surface area (Å²) in [5.41, 5.74) is 2.42. The molecule has 3 atom stereocenters. The van der Waals surface area contributed by atoms with Crippen LogP contribution < -0.4 is 0 Å². The number of para-hydroxylation sites is 1. The van der Waals surface area contributed by atoms with E-state index >= 15 is 0 Å². The molecule has 3 unspecified atom stereocenters. The van der Waals surface area contributed by atoms with E-state index in [1.165, 1.54) is 17.4 Å². The standard InChI is InChI=1S/C17H20N2O/c20-16-7-6-13-9-19(11-15(13)16)10-14-4-1-3-12-5-2-8-18-17(12)14/h1-5,8,13,15-16,20H,6-7,9-11H2. The van der Waals surface area contributed by atoms with Gasteiger partial charge in [0.15, 0.2) is 0 Å². The van der Waals surface area contributed by atoms with Crippen molar-refractivity contribution in [1.29, 1.82) is 0 Å². The predicted molar refractivity (Wildman–Crippen MR) is 79.2 cm³/mol. The molecule has 2 aromatic rings. The number of aliphatic hydroxyl groups excluding tert-OH is 1. The minimum atomic E-state index is -0.0735. The fraction of sp³-hybridized carbons (Fsp3) is 0.471. The van der Waals surface area contributed by atoms with Crippen molar-refractivity contribution in [2.24, 2.45) is 11.8 Å². The van der Waals surface area contributed by atoms with Gasteiger partial charge in [-0.05, 0) is 30.4 Å². The van der Waals surface area contributed by atoms with Crippen LogP contribution in [0.4, 0.5) is 0 Å². The first-order valence-corrected chi connectivity index (χ1v) is 7.54. The van der Waals surface area contributed by atoms with Crippen molar-refractivity contribution in [2.45, 2.75) is 25.5 Å². The number of aromatic nitrogens is 1. The van der Waals surface area contributed by atoms with Crippen LogP contribution in [0.3, 0.4) is 0 Å². The molecule has 1 saturated heterocycles. The van der Waals surface area contributed by atoms with Gasteiger partial charge in [0.1, 0.15) is 0 Å². The molecule has 0 spiro atoms. The molecule has 0 bridgehead atoms. The van der Waals surface area contributed by atoms with Crippen molar-refractivity contribution in [2.75, 3.05) is 13.1 Å². The number of fused-ring (bicyclic) bond motifs is 2. The summed E-state index contributed by atoms with van der Waals surface area (Å²) in [6.45, 7) is 3.12. The fourth-order valence-electron chi connectivity index (χ4n) is 3.99. The smallest absolute Gasteiger partial charge is 0.0746 e. The van der Waals surface area contributed by atoms with Gasteiger partial charge in [-0.25, -0.2) is 0 Å². The highest BCUT2D eigenvalue weighted by molar-refractivity contribution is 5.81. The summed E-state index contributed by atoms with van der Waals surface area (Å²) in [6, 6.07) is 10.5. The van der Waals surface area contributed by atoms with Gasteiger partial charge in [-0.1, -0.05) is 24.3 Å². The van der Waals surface area contributed by atoms with E-state index in [9.17, 15) is 5.11 Å². The molecule has 1 N–H and O–H groups in total. The Labute approximate surface area is 119 Å². The Kier molecular flexibility index (Phi) is 2.97. The molecule has 2 heterocycles. The van der Waals surface area contributed by atoms with Gasteiger partial charge in [-0.3, -0.25) is 9.88 Å². The van der Waals surface area contributed by atoms with Crippen LogP contribution in [-0.2, 0) is 6.54 Å². The average molecular weight is 268 g/mol. The zero-order valence-electron chi connectivity index (χ0n) is 11.6. The molecule has 0 radical (unpaired) electrons. The summed E-state index contributed by atoms with van der Waals surface area (Å²) in [4.78, 5) is 7.02. The van der Waals surface area contributed by atoms with Crippen molar-refractivity contribution >= 4 is 10.9 Å². The highest BCUT2D eigenvalue weighted by atomic mass is 16.3. The van der Waals surface area contributed by atoms with Crippen molar-refractivity contribution in [3.8, 4) is 0 Å². The number of nitrogens with zero attached hydrogens (tertiary/aromatic N) is 2. The van der Waals surface area contributed by atoms with E-state index in [4.69, 9.17) is 0 Å². The maximum absolute atomic E-state index is 10.0. The van der Waals surface area contributed by atoms with E-state index in [1.807, 2.05) is 12.3 Å². The summed E-state index contributed by atoms with van der Waals surface area (Å²) in [7, 11) is 0. The summed E-state index contributed by atoms with van der Waals surface area (Å²) >= 11 is 0. The van der Waals surface area contributed by atoms with E-state index in [2.05, 4.69) is 34.1 Å². The zero-order valence-corrected chi connectivity index (χ0v) is 11.6. The van der Waals surface area contributed by atoms with Gasteiger partial charge in [0.2, 0.25) is 0 Å². The normalized spacial score (nSPS) is 29.9. The van der Waals surface area contributed by atoms with Crippen LogP contribution in [-0.4, -0.2) is 34.2 Å². The molecule has 0 amide bonds. The minimum Gasteiger partial charge on any atom is -0.393 e. The predicted octanol–water partition coefficient (Wildman–Crippen LogP) is 2.44. The Morgan fingerprint density at radius 1 is 1.15 bits per heavy atom. The minimum absolute atomic E-state index is 0.0735. The van der Waals surface area contributed by atoms with Crippen LogP contribution in [0.25, 0.3) is 10.9 Å². The lowest BCUT2D eigenvalue weighted by atomic mass is 10.00. The second-order valence-electron chi connectivity index (χ2n) is 6.25. The molecule has 2 aliphatic rings. The van der Waals surface area contributed by atoms with Gasteiger partial charge in [0, 0.05) is 37.1 Å². The molecule has 1 aliphatic carbocycles. The van der Waals surface area contributed by atoms with Crippen molar-refractivity contribution in [1.82, 2.24) is 9.88 Å². The maximum atomic E-state index is 10.0. The third-order valence-corrected chi connectivity index (χ3v) is 5.00. The van der Waals surface area contributed by atoms with Gasteiger partial charge < -0.3 is 5.11 Å². The first kappa shape index (κ1) is 12.3. The topological polar surface area (TPSA) is 36.4 Å². The molecule has 1 aromatic heterocycles. The summed E-state index contributed by atoms with van der Waals surface area (Å²) < 4.78 is 0. The molecule has 104 valence electrons. The first-order chi connectivity index (χ1) is 9.81. The SMILES string of the molecule is OC1CCC2CN(Cc3cccc4cccnc34)CC12. The zero-order chi connectivity index (χ0) is 13.5. The molecule has 3 nitrogen and oxygen atoms in total. The van der Waals surface area contributed by atoms with E-state index in [1.54, 1.807) is 0 Å². The monoisotopic (exact) mass is 268 g/mol. The molecular weight excluding hydrogens is 248 g/mol. The van der Waals surface area contributed by atoms with Gasteiger partial charge in [0.25, 0.3) is 0 Å². The Morgan fingerprint density at radius 3 is 2.95 bits per heavy atom. The molecule has 3 heteroatoms. The van der Waals surface area contributed by atoms with Crippen LogP contribution in [0.1, 0.15) is 18.4 Å². The molecule has 1 aromatic carbocycles. The van der Waals surface area contributed by atoms with Crippen molar-refractivity contribution in [3.05, 3.63) is 42.1 Å². The molecule has 4 rings (SSSR count). The summed E-state index contributed by atoms with van der Waals surface area (Å²) in [5, 5.41) is 11.2. The molecule has 1 saturated carbocycles. The number of benzene rings is 1. The quantitative estimate of drug-likeness (QED) is 0.909. The molecule has 2 fully saturated rings. The van der Waals surface area contributed by atoms with Gasteiger partial charge in [-0.15, -0.1) is 0 Å². The van der Waals surface area contributed by atoms with Gasteiger partial charge >= 0.3 is 0 Å². The molecular formula is C17H20N2O. The van der Waals surface area contributed by atoms with Gasteiger partial charge in [-0.2, -0.15) is 0 Å². The van der Waals surface area contributed by atoms with Gasteiger partial charge in [0.05, 0.1) is 11.6 Å².